The number of thioether (sulfide) groups is 1. The summed E-state index contributed by atoms with van der Waals surface area (Å²) in [5.41, 5.74) is 5.53. The van der Waals surface area contributed by atoms with Crippen LogP contribution in [0.4, 0.5) is 5.69 Å². The van der Waals surface area contributed by atoms with Crippen LogP contribution in [0.1, 0.15) is 15.9 Å². The minimum atomic E-state index is -0.355. The summed E-state index contributed by atoms with van der Waals surface area (Å²) in [7, 11) is 3.00. The number of para-hydroxylation sites is 2. The van der Waals surface area contributed by atoms with Gasteiger partial charge in [-0.3, -0.25) is 15.1 Å². The molecule has 8 nitrogen and oxygen atoms in total. The summed E-state index contributed by atoms with van der Waals surface area (Å²) in [6.07, 6.45) is -0.186. The number of carbonyl (C=O) groups is 2. The summed E-state index contributed by atoms with van der Waals surface area (Å²) in [5, 5.41) is 8.53. The van der Waals surface area contributed by atoms with E-state index in [4.69, 9.17) is 9.47 Å². The molecular weight excluding hydrogens is 404 g/mol. The average molecular weight is 429 g/mol. The van der Waals surface area contributed by atoms with Crippen molar-refractivity contribution in [1.29, 1.82) is 0 Å². The maximum atomic E-state index is 12.7. The van der Waals surface area contributed by atoms with Crippen molar-refractivity contribution in [3.63, 3.8) is 0 Å². The fraction of sp³-hybridized carbons (Fsp3) is 0.333. The first-order chi connectivity index (χ1) is 14.6. The maximum absolute atomic E-state index is 12.7. The molecule has 2 aliphatic rings. The Balaban J connectivity index is 1.43. The zero-order valence-electron chi connectivity index (χ0n) is 16.8. The van der Waals surface area contributed by atoms with Crippen molar-refractivity contribution in [3.05, 3.63) is 59.7 Å². The highest BCUT2D eigenvalue weighted by Crippen LogP contribution is 2.33. The van der Waals surface area contributed by atoms with Gasteiger partial charge >= 0.3 is 5.97 Å². The molecule has 2 aromatic carbocycles. The third-order valence-corrected chi connectivity index (χ3v) is 6.30. The molecule has 3 N–H and O–H groups in total. The standard InChI is InChI=1S/C21H24N4O4S/c1-28-17-6-4-3-5-16(17)25-18-15(11-22-25)19(26)24-21(23-18)30-12-13-7-9-14(10-8-13)20(27)29-2/h3-10,15,18,21-23H,11-12H2,1-2H3,(H,24,26). The van der Waals surface area contributed by atoms with Crippen LogP contribution in [0, 0.1) is 5.92 Å². The number of rotatable bonds is 6. The Labute approximate surface area is 179 Å². The van der Waals surface area contributed by atoms with Crippen LogP contribution in [0.25, 0.3) is 0 Å². The number of ether oxygens (including phenoxy) is 2. The van der Waals surface area contributed by atoms with Crippen molar-refractivity contribution in [2.24, 2.45) is 5.92 Å². The van der Waals surface area contributed by atoms with Crippen LogP contribution >= 0.6 is 11.8 Å². The van der Waals surface area contributed by atoms with Crippen LogP contribution in [0.3, 0.4) is 0 Å². The Morgan fingerprint density at radius 3 is 2.67 bits per heavy atom. The Bertz CT molecular complexity index is 923. The summed E-state index contributed by atoms with van der Waals surface area (Å²) < 4.78 is 10.2. The number of carbonyl (C=O) groups excluding carboxylic acids is 2. The predicted molar refractivity (Wildman–Crippen MR) is 115 cm³/mol. The number of hydrazine groups is 1. The molecule has 1 amide bonds. The number of hydrogen-bond acceptors (Lipinski definition) is 8. The number of esters is 1. The highest BCUT2D eigenvalue weighted by atomic mass is 32.2. The second kappa shape index (κ2) is 8.95. The van der Waals surface area contributed by atoms with Gasteiger partial charge in [-0.1, -0.05) is 24.3 Å². The van der Waals surface area contributed by atoms with Crippen molar-refractivity contribution in [3.8, 4) is 5.75 Å². The summed E-state index contributed by atoms with van der Waals surface area (Å²) in [5.74, 6) is 0.882. The molecule has 0 aromatic heterocycles. The monoisotopic (exact) mass is 428 g/mol. The summed E-state index contributed by atoms with van der Waals surface area (Å²) in [6, 6.07) is 15.0. The van der Waals surface area contributed by atoms with Gasteiger partial charge in [-0.2, -0.15) is 0 Å². The third kappa shape index (κ3) is 4.09. The zero-order valence-corrected chi connectivity index (χ0v) is 17.6. The van der Waals surface area contributed by atoms with E-state index in [-0.39, 0.29) is 29.5 Å². The number of fused-ring (bicyclic) bond motifs is 1. The molecular formula is C21H24N4O4S. The van der Waals surface area contributed by atoms with Crippen LogP contribution in [0.2, 0.25) is 0 Å². The Morgan fingerprint density at radius 1 is 1.17 bits per heavy atom. The van der Waals surface area contributed by atoms with Gasteiger partial charge in [0.15, 0.2) is 0 Å². The van der Waals surface area contributed by atoms with Gasteiger partial charge in [-0.15, -0.1) is 11.8 Å². The van der Waals surface area contributed by atoms with Gasteiger partial charge < -0.3 is 14.8 Å². The van der Waals surface area contributed by atoms with E-state index in [2.05, 4.69) is 16.1 Å². The van der Waals surface area contributed by atoms with E-state index >= 15 is 0 Å². The van der Waals surface area contributed by atoms with Gasteiger partial charge in [0.1, 0.15) is 17.4 Å². The van der Waals surface area contributed by atoms with Crippen LogP contribution < -0.4 is 25.8 Å². The minimum absolute atomic E-state index is 0.0159. The number of nitrogens with one attached hydrogen (secondary N) is 3. The molecule has 0 aliphatic carbocycles. The molecule has 4 rings (SSSR count). The van der Waals surface area contributed by atoms with Crippen molar-refractivity contribution < 1.29 is 19.1 Å². The van der Waals surface area contributed by atoms with Gasteiger partial charge in [-0.25, -0.2) is 10.2 Å². The fourth-order valence-corrected chi connectivity index (χ4v) is 4.62. The number of amides is 1. The van der Waals surface area contributed by atoms with Gasteiger partial charge in [0.25, 0.3) is 0 Å². The second-order valence-electron chi connectivity index (χ2n) is 7.01. The van der Waals surface area contributed by atoms with Crippen molar-refractivity contribution in [2.45, 2.75) is 17.4 Å². The van der Waals surface area contributed by atoms with Crippen molar-refractivity contribution in [2.75, 3.05) is 25.8 Å². The van der Waals surface area contributed by atoms with E-state index in [9.17, 15) is 9.59 Å². The number of methoxy groups -OCH3 is 2. The third-order valence-electron chi connectivity index (χ3n) is 5.21. The molecule has 2 heterocycles. The number of anilines is 1. The lowest BCUT2D eigenvalue weighted by atomic mass is 10.0. The maximum Gasteiger partial charge on any atom is 0.337 e. The molecule has 2 aromatic rings. The first-order valence-electron chi connectivity index (χ1n) is 9.61. The van der Waals surface area contributed by atoms with Crippen LogP contribution in [-0.2, 0) is 15.3 Å². The lowest BCUT2D eigenvalue weighted by Gasteiger charge is -2.37. The molecule has 2 fully saturated rings. The minimum Gasteiger partial charge on any atom is -0.495 e. The van der Waals surface area contributed by atoms with Crippen molar-refractivity contribution in [1.82, 2.24) is 16.1 Å². The van der Waals surface area contributed by atoms with Crippen LogP contribution in [0.15, 0.2) is 48.5 Å². The van der Waals surface area contributed by atoms with Crippen LogP contribution in [-0.4, -0.2) is 44.3 Å². The molecule has 0 saturated carbocycles. The molecule has 9 heteroatoms. The fourth-order valence-electron chi connectivity index (χ4n) is 3.63. The summed E-state index contributed by atoms with van der Waals surface area (Å²) in [6.45, 7) is 0.550. The lowest BCUT2D eigenvalue weighted by molar-refractivity contribution is -0.127. The van der Waals surface area contributed by atoms with E-state index in [1.165, 1.54) is 7.11 Å². The van der Waals surface area contributed by atoms with Crippen LogP contribution in [0.5, 0.6) is 5.75 Å². The van der Waals surface area contributed by atoms with Gasteiger partial charge in [0, 0.05) is 12.3 Å². The second-order valence-corrected chi connectivity index (χ2v) is 8.10. The number of hydrogen-bond donors (Lipinski definition) is 3. The van der Waals surface area contributed by atoms with Crippen molar-refractivity contribution >= 4 is 29.3 Å². The molecule has 0 bridgehead atoms. The Hall–Kier alpha value is -2.75. The van der Waals surface area contributed by atoms with E-state index in [1.807, 2.05) is 41.4 Å². The quantitative estimate of drug-likeness (QED) is 0.599. The molecule has 3 atom stereocenters. The molecule has 30 heavy (non-hydrogen) atoms. The number of benzene rings is 2. The van der Waals surface area contributed by atoms with E-state index in [0.717, 1.165) is 17.0 Å². The van der Waals surface area contributed by atoms with E-state index in [0.29, 0.717) is 17.9 Å². The zero-order chi connectivity index (χ0) is 21.1. The molecule has 2 saturated heterocycles. The van der Waals surface area contributed by atoms with Gasteiger partial charge in [-0.05, 0) is 29.8 Å². The highest BCUT2D eigenvalue weighted by molar-refractivity contribution is 7.99. The highest BCUT2D eigenvalue weighted by Gasteiger charge is 2.44. The molecule has 158 valence electrons. The first kappa shape index (κ1) is 20.5. The smallest absolute Gasteiger partial charge is 0.337 e. The predicted octanol–water partition coefficient (Wildman–Crippen LogP) is 1.69. The summed E-state index contributed by atoms with van der Waals surface area (Å²) in [4.78, 5) is 24.2. The summed E-state index contributed by atoms with van der Waals surface area (Å²) >= 11 is 1.59. The Morgan fingerprint density at radius 2 is 1.93 bits per heavy atom. The average Bonchev–Trinajstić information content (AvgIpc) is 3.22. The number of nitrogens with zero attached hydrogens (tertiary/aromatic N) is 1. The molecule has 3 unspecified atom stereocenters. The van der Waals surface area contributed by atoms with E-state index in [1.54, 1.807) is 31.0 Å². The Kier molecular flexibility index (Phi) is 6.12. The first-order valence-corrected chi connectivity index (χ1v) is 10.7. The molecule has 0 radical (unpaired) electrons. The molecule has 2 aliphatic heterocycles. The normalized spacial score (nSPS) is 22.9. The lowest BCUT2D eigenvalue weighted by Crippen LogP contribution is -2.63. The van der Waals surface area contributed by atoms with Gasteiger partial charge in [0.2, 0.25) is 5.91 Å². The van der Waals surface area contributed by atoms with E-state index < -0.39 is 0 Å². The largest absolute Gasteiger partial charge is 0.495 e. The molecule has 0 spiro atoms. The topological polar surface area (TPSA) is 91.9 Å². The SMILES string of the molecule is COC(=O)c1ccc(CSC2NC(=O)C3CNN(c4ccccc4OC)C3N2)cc1. The van der Waals surface area contributed by atoms with Gasteiger partial charge in [0.05, 0.1) is 31.4 Å².